The summed E-state index contributed by atoms with van der Waals surface area (Å²) in [6.07, 6.45) is 0.769. The lowest BCUT2D eigenvalue weighted by Crippen LogP contribution is -2.13. The van der Waals surface area contributed by atoms with Crippen LogP contribution in [0.5, 0.6) is 0 Å². The van der Waals surface area contributed by atoms with Crippen molar-refractivity contribution in [1.82, 2.24) is 4.98 Å². The van der Waals surface area contributed by atoms with Crippen molar-refractivity contribution in [2.45, 2.75) is 25.2 Å². The molecule has 0 amide bonds. The largest absolute Gasteiger partial charge is 0.398 e. The summed E-state index contributed by atoms with van der Waals surface area (Å²) in [6, 6.07) is 4.76. The zero-order chi connectivity index (χ0) is 14.0. The third kappa shape index (κ3) is 3.05. The Morgan fingerprint density at radius 2 is 2.16 bits per heavy atom. The van der Waals surface area contributed by atoms with E-state index in [1.807, 2.05) is 13.8 Å². The van der Waals surface area contributed by atoms with E-state index in [2.05, 4.69) is 9.71 Å². The molecule has 2 aromatic rings. The Morgan fingerprint density at radius 1 is 1.42 bits per heavy atom. The number of hydrogen-bond acceptors (Lipinski definition) is 5. The summed E-state index contributed by atoms with van der Waals surface area (Å²) in [5.74, 6) is 0. The lowest BCUT2D eigenvalue weighted by atomic mass is 10.1. The molecule has 0 aliphatic rings. The van der Waals surface area contributed by atoms with E-state index >= 15 is 0 Å². The second-order valence-electron chi connectivity index (χ2n) is 4.11. The standard InChI is InChI=1S/C12H15N3O2S2/c1-3-9-4-5-10(6-11(9)13)19(16,17)15-12-14-8(2)7-18-12/h4-7H,3,13H2,1-2H3,(H,14,15). The number of hydrogen-bond donors (Lipinski definition) is 2. The molecule has 0 unspecified atom stereocenters. The quantitative estimate of drug-likeness (QED) is 0.849. The van der Waals surface area contributed by atoms with Crippen molar-refractivity contribution in [3.8, 4) is 0 Å². The summed E-state index contributed by atoms with van der Waals surface area (Å²) in [4.78, 5) is 4.22. The average molecular weight is 297 g/mol. The molecule has 2 rings (SSSR count). The predicted molar refractivity (Wildman–Crippen MR) is 77.9 cm³/mol. The maximum Gasteiger partial charge on any atom is 0.263 e. The van der Waals surface area contributed by atoms with E-state index in [0.717, 1.165) is 17.7 Å². The van der Waals surface area contributed by atoms with Crippen LogP contribution < -0.4 is 10.5 Å². The van der Waals surface area contributed by atoms with Crippen LogP contribution in [-0.4, -0.2) is 13.4 Å². The van der Waals surface area contributed by atoms with E-state index in [4.69, 9.17) is 5.73 Å². The Balaban J connectivity index is 2.31. The van der Waals surface area contributed by atoms with E-state index in [1.54, 1.807) is 17.5 Å². The average Bonchev–Trinajstić information content (AvgIpc) is 2.73. The molecule has 7 heteroatoms. The van der Waals surface area contributed by atoms with Crippen LogP contribution in [0.15, 0.2) is 28.5 Å². The number of nitrogen functional groups attached to an aromatic ring is 1. The minimum absolute atomic E-state index is 0.148. The number of benzene rings is 1. The molecular formula is C12H15N3O2S2. The fourth-order valence-corrected chi connectivity index (χ4v) is 3.61. The fraction of sp³-hybridized carbons (Fsp3) is 0.250. The van der Waals surface area contributed by atoms with Crippen molar-refractivity contribution < 1.29 is 8.42 Å². The number of aryl methyl sites for hydroxylation is 2. The first kappa shape index (κ1) is 13.8. The van der Waals surface area contributed by atoms with Crippen molar-refractivity contribution >= 4 is 32.2 Å². The van der Waals surface area contributed by atoms with Crippen LogP contribution in [0.2, 0.25) is 0 Å². The maximum absolute atomic E-state index is 12.2. The van der Waals surface area contributed by atoms with Crippen molar-refractivity contribution in [2.75, 3.05) is 10.5 Å². The molecule has 0 spiro atoms. The van der Waals surface area contributed by atoms with Crippen LogP contribution in [0.4, 0.5) is 10.8 Å². The highest BCUT2D eigenvalue weighted by Crippen LogP contribution is 2.22. The molecule has 1 aromatic heterocycles. The van der Waals surface area contributed by atoms with Gasteiger partial charge in [0.25, 0.3) is 10.0 Å². The van der Waals surface area contributed by atoms with Crippen molar-refractivity contribution in [3.63, 3.8) is 0 Å². The highest BCUT2D eigenvalue weighted by molar-refractivity contribution is 7.93. The predicted octanol–water partition coefficient (Wildman–Crippen LogP) is 2.40. The smallest absolute Gasteiger partial charge is 0.263 e. The Bertz CT molecular complexity index is 693. The van der Waals surface area contributed by atoms with E-state index in [1.165, 1.54) is 17.4 Å². The maximum atomic E-state index is 12.2. The monoisotopic (exact) mass is 297 g/mol. The molecule has 1 aromatic carbocycles. The molecule has 0 atom stereocenters. The van der Waals surface area contributed by atoms with Crippen molar-refractivity contribution in [1.29, 1.82) is 0 Å². The van der Waals surface area contributed by atoms with Gasteiger partial charge in [0.15, 0.2) is 5.13 Å². The van der Waals surface area contributed by atoms with E-state index < -0.39 is 10.0 Å². The van der Waals surface area contributed by atoms with Gasteiger partial charge in [-0.25, -0.2) is 13.4 Å². The van der Waals surface area contributed by atoms with Crippen LogP contribution >= 0.6 is 11.3 Å². The van der Waals surface area contributed by atoms with Gasteiger partial charge < -0.3 is 5.73 Å². The first-order chi connectivity index (χ1) is 8.92. The van der Waals surface area contributed by atoms with Crippen molar-refractivity contribution in [2.24, 2.45) is 0 Å². The summed E-state index contributed by atoms with van der Waals surface area (Å²) in [7, 11) is -3.63. The van der Waals surface area contributed by atoms with E-state index in [0.29, 0.717) is 10.8 Å². The number of aromatic nitrogens is 1. The van der Waals surface area contributed by atoms with Gasteiger partial charge in [-0.15, -0.1) is 11.3 Å². The number of nitrogens with two attached hydrogens (primary N) is 1. The van der Waals surface area contributed by atoms with Gasteiger partial charge in [0, 0.05) is 11.1 Å². The number of nitrogens with one attached hydrogen (secondary N) is 1. The van der Waals surface area contributed by atoms with Gasteiger partial charge in [0.2, 0.25) is 0 Å². The minimum atomic E-state index is -3.63. The molecule has 0 aliphatic heterocycles. The second kappa shape index (κ2) is 5.18. The molecule has 1 heterocycles. The third-order valence-electron chi connectivity index (χ3n) is 2.65. The van der Waals surface area contributed by atoms with Crippen LogP contribution in [0.25, 0.3) is 0 Å². The topological polar surface area (TPSA) is 85.1 Å². The van der Waals surface area contributed by atoms with Crippen LogP contribution in [0.3, 0.4) is 0 Å². The van der Waals surface area contributed by atoms with Gasteiger partial charge in [-0.2, -0.15) is 0 Å². The van der Waals surface area contributed by atoms with Gasteiger partial charge in [0.05, 0.1) is 10.6 Å². The first-order valence-electron chi connectivity index (χ1n) is 5.75. The Labute approximate surface area is 116 Å². The fourth-order valence-electron chi connectivity index (χ4n) is 1.64. The zero-order valence-corrected chi connectivity index (χ0v) is 12.3. The summed E-state index contributed by atoms with van der Waals surface area (Å²) < 4.78 is 26.8. The molecule has 0 aliphatic carbocycles. The summed E-state index contributed by atoms with van der Waals surface area (Å²) in [5, 5.41) is 2.14. The second-order valence-corrected chi connectivity index (χ2v) is 6.65. The lowest BCUT2D eigenvalue weighted by molar-refractivity contribution is 0.601. The summed E-state index contributed by atoms with van der Waals surface area (Å²) in [5.41, 5.74) is 8.02. The highest BCUT2D eigenvalue weighted by Gasteiger charge is 2.16. The Kier molecular flexibility index (Phi) is 3.77. The number of rotatable bonds is 4. The molecule has 19 heavy (non-hydrogen) atoms. The van der Waals surface area contributed by atoms with Gasteiger partial charge >= 0.3 is 0 Å². The normalized spacial score (nSPS) is 11.5. The third-order valence-corrected chi connectivity index (χ3v) is 4.99. The number of anilines is 2. The van der Waals surface area contributed by atoms with Gasteiger partial charge in [0.1, 0.15) is 0 Å². The lowest BCUT2D eigenvalue weighted by Gasteiger charge is -2.08. The molecule has 0 fully saturated rings. The number of thiazole rings is 1. The minimum Gasteiger partial charge on any atom is -0.398 e. The summed E-state index contributed by atoms with van der Waals surface area (Å²) >= 11 is 1.25. The number of sulfonamides is 1. The number of nitrogens with zero attached hydrogens (tertiary/aromatic N) is 1. The molecule has 0 bridgehead atoms. The molecule has 0 radical (unpaired) electrons. The molecule has 3 N–H and O–H groups in total. The molecule has 102 valence electrons. The van der Waals surface area contributed by atoms with Gasteiger partial charge in [-0.05, 0) is 31.0 Å². The highest BCUT2D eigenvalue weighted by atomic mass is 32.2. The Hall–Kier alpha value is -1.60. The summed E-state index contributed by atoms with van der Waals surface area (Å²) in [6.45, 7) is 3.78. The molecular weight excluding hydrogens is 282 g/mol. The van der Waals surface area contributed by atoms with E-state index in [-0.39, 0.29) is 4.90 Å². The SMILES string of the molecule is CCc1ccc(S(=O)(=O)Nc2nc(C)cs2)cc1N. The Morgan fingerprint density at radius 3 is 2.68 bits per heavy atom. The molecule has 0 saturated heterocycles. The first-order valence-corrected chi connectivity index (χ1v) is 8.12. The molecule has 0 saturated carbocycles. The van der Waals surface area contributed by atoms with Crippen LogP contribution in [-0.2, 0) is 16.4 Å². The van der Waals surface area contributed by atoms with Gasteiger partial charge in [-0.1, -0.05) is 13.0 Å². The molecule has 5 nitrogen and oxygen atoms in total. The van der Waals surface area contributed by atoms with Crippen LogP contribution in [0, 0.1) is 6.92 Å². The zero-order valence-electron chi connectivity index (χ0n) is 10.7. The van der Waals surface area contributed by atoms with Crippen molar-refractivity contribution in [3.05, 3.63) is 34.8 Å². The van der Waals surface area contributed by atoms with Gasteiger partial charge in [-0.3, -0.25) is 4.72 Å². The van der Waals surface area contributed by atoms with E-state index in [9.17, 15) is 8.42 Å². The van der Waals surface area contributed by atoms with Crippen LogP contribution in [0.1, 0.15) is 18.2 Å².